The average Bonchev–Trinajstić information content (AvgIpc) is 3.22. The van der Waals surface area contributed by atoms with E-state index >= 15 is 0 Å². The zero-order valence-electron chi connectivity index (χ0n) is 17.2. The highest BCUT2D eigenvalue weighted by Crippen LogP contribution is 2.30. The van der Waals surface area contributed by atoms with E-state index in [-0.39, 0.29) is 5.91 Å². The molecule has 156 valence electrons. The Hall–Kier alpha value is -3.32. The van der Waals surface area contributed by atoms with Crippen LogP contribution in [-0.4, -0.2) is 60.8 Å². The first kappa shape index (κ1) is 20.0. The Balaban J connectivity index is 1.78. The van der Waals surface area contributed by atoms with Gasteiger partial charge in [-0.05, 0) is 42.8 Å². The van der Waals surface area contributed by atoms with Crippen molar-refractivity contribution in [3.63, 3.8) is 0 Å². The molecule has 7 nitrogen and oxygen atoms in total. The van der Waals surface area contributed by atoms with Crippen LogP contribution < -0.4 is 9.47 Å². The summed E-state index contributed by atoms with van der Waals surface area (Å²) in [6.45, 7) is 4.63. The van der Waals surface area contributed by atoms with Crippen LogP contribution in [0.4, 0.5) is 0 Å². The second-order valence-corrected chi connectivity index (χ2v) is 6.91. The molecule has 0 aliphatic carbocycles. The highest BCUT2D eigenvalue weighted by molar-refractivity contribution is 6.23. The smallest absolute Gasteiger partial charge is 0.257 e. The lowest BCUT2D eigenvalue weighted by Crippen LogP contribution is -2.41. The van der Waals surface area contributed by atoms with Gasteiger partial charge in [0.1, 0.15) is 5.82 Å². The Morgan fingerprint density at radius 2 is 2.00 bits per heavy atom. The molecule has 2 heterocycles. The summed E-state index contributed by atoms with van der Waals surface area (Å²) in [5.74, 6) is 1.75. The number of nitrogens with one attached hydrogen (secondary N) is 1. The Morgan fingerprint density at radius 1 is 1.20 bits per heavy atom. The van der Waals surface area contributed by atoms with Crippen LogP contribution in [0.3, 0.4) is 0 Å². The predicted molar refractivity (Wildman–Crippen MR) is 116 cm³/mol. The molecule has 1 aliphatic rings. The summed E-state index contributed by atoms with van der Waals surface area (Å²) in [7, 11) is 1.61. The number of carbonyl (C=O) groups is 1. The summed E-state index contributed by atoms with van der Waals surface area (Å²) < 4.78 is 16.5. The van der Waals surface area contributed by atoms with Crippen LogP contribution in [0.1, 0.15) is 18.3 Å². The number of aromatic amines is 1. The molecule has 1 aliphatic heterocycles. The number of rotatable bonds is 6. The van der Waals surface area contributed by atoms with E-state index in [0.717, 1.165) is 16.6 Å². The SMILES string of the molecule is CCOc1cc(/C=C(/C(=O)N2CCOCC2)c2nc3ccccc3[nH]2)ccc1OC. The van der Waals surface area contributed by atoms with Gasteiger partial charge < -0.3 is 24.1 Å². The molecule has 1 N–H and O–H groups in total. The minimum absolute atomic E-state index is 0.0777. The van der Waals surface area contributed by atoms with E-state index < -0.39 is 0 Å². The number of amides is 1. The Morgan fingerprint density at radius 3 is 2.73 bits per heavy atom. The highest BCUT2D eigenvalue weighted by Gasteiger charge is 2.24. The second-order valence-electron chi connectivity index (χ2n) is 6.91. The third-order valence-electron chi connectivity index (χ3n) is 4.97. The van der Waals surface area contributed by atoms with Gasteiger partial charge in [-0.3, -0.25) is 4.79 Å². The monoisotopic (exact) mass is 407 g/mol. The maximum Gasteiger partial charge on any atom is 0.257 e. The van der Waals surface area contributed by atoms with E-state index in [9.17, 15) is 4.79 Å². The number of benzene rings is 2. The van der Waals surface area contributed by atoms with Crippen molar-refractivity contribution in [2.45, 2.75) is 6.92 Å². The van der Waals surface area contributed by atoms with E-state index in [1.165, 1.54) is 0 Å². The van der Waals surface area contributed by atoms with Crippen LogP contribution in [-0.2, 0) is 9.53 Å². The minimum Gasteiger partial charge on any atom is -0.493 e. The van der Waals surface area contributed by atoms with Crippen molar-refractivity contribution >= 4 is 28.6 Å². The van der Waals surface area contributed by atoms with Crippen molar-refractivity contribution < 1.29 is 19.0 Å². The van der Waals surface area contributed by atoms with Crippen molar-refractivity contribution in [3.05, 3.63) is 53.9 Å². The number of hydrogen-bond donors (Lipinski definition) is 1. The number of H-pyrrole nitrogens is 1. The number of morpholine rings is 1. The molecule has 3 aromatic rings. The van der Waals surface area contributed by atoms with E-state index in [4.69, 9.17) is 14.2 Å². The number of carbonyl (C=O) groups excluding carboxylic acids is 1. The molecule has 0 atom stereocenters. The summed E-state index contributed by atoms with van der Waals surface area (Å²) in [4.78, 5) is 23.1. The third kappa shape index (κ3) is 4.16. The summed E-state index contributed by atoms with van der Waals surface area (Å²) >= 11 is 0. The first-order valence-corrected chi connectivity index (χ1v) is 10.0. The largest absolute Gasteiger partial charge is 0.493 e. The third-order valence-corrected chi connectivity index (χ3v) is 4.97. The normalized spacial score (nSPS) is 14.7. The number of aromatic nitrogens is 2. The minimum atomic E-state index is -0.0777. The van der Waals surface area contributed by atoms with Crippen molar-refractivity contribution in [1.82, 2.24) is 14.9 Å². The van der Waals surface area contributed by atoms with Crippen LogP contribution in [0.2, 0.25) is 0 Å². The van der Waals surface area contributed by atoms with Crippen molar-refractivity contribution in [1.29, 1.82) is 0 Å². The Bertz CT molecular complexity index is 1030. The molecule has 4 rings (SSSR count). The van der Waals surface area contributed by atoms with Gasteiger partial charge in [-0.25, -0.2) is 4.98 Å². The summed E-state index contributed by atoms with van der Waals surface area (Å²) in [6.07, 6.45) is 1.84. The zero-order valence-corrected chi connectivity index (χ0v) is 17.2. The molecule has 1 saturated heterocycles. The maximum atomic E-state index is 13.4. The van der Waals surface area contributed by atoms with Gasteiger partial charge in [-0.15, -0.1) is 0 Å². The molecular weight excluding hydrogens is 382 g/mol. The lowest BCUT2D eigenvalue weighted by Gasteiger charge is -2.27. The number of nitrogens with zero attached hydrogens (tertiary/aromatic N) is 2. The van der Waals surface area contributed by atoms with Crippen molar-refractivity contribution in [3.8, 4) is 11.5 Å². The first-order valence-electron chi connectivity index (χ1n) is 10.0. The van der Waals surface area contributed by atoms with Crippen LogP contribution in [0.5, 0.6) is 11.5 Å². The number of ether oxygens (including phenoxy) is 3. The van der Waals surface area contributed by atoms with Gasteiger partial charge >= 0.3 is 0 Å². The average molecular weight is 407 g/mol. The fraction of sp³-hybridized carbons (Fsp3) is 0.304. The maximum absolute atomic E-state index is 13.4. The molecule has 1 fully saturated rings. The fourth-order valence-corrected chi connectivity index (χ4v) is 3.47. The van der Waals surface area contributed by atoms with Gasteiger partial charge in [0.2, 0.25) is 0 Å². The summed E-state index contributed by atoms with van der Waals surface area (Å²) in [5.41, 5.74) is 3.04. The van der Waals surface area contributed by atoms with Crippen LogP contribution in [0.15, 0.2) is 42.5 Å². The second kappa shape index (κ2) is 9.00. The molecule has 0 spiro atoms. The molecule has 0 saturated carbocycles. The van der Waals surface area contributed by atoms with Crippen LogP contribution in [0.25, 0.3) is 22.7 Å². The molecule has 1 aromatic heterocycles. The van der Waals surface area contributed by atoms with Gasteiger partial charge in [0.05, 0.1) is 43.5 Å². The number of fused-ring (bicyclic) bond motifs is 1. The molecule has 0 unspecified atom stereocenters. The lowest BCUT2D eigenvalue weighted by atomic mass is 10.1. The van der Waals surface area contributed by atoms with E-state index in [2.05, 4.69) is 9.97 Å². The molecule has 7 heteroatoms. The Labute approximate surface area is 175 Å². The summed E-state index contributed by atoms with van der Waals surface area (Å²) in [5, 5.41) is 0. The van der Waals surface area contributed by atoms with Crippen LogP contribution >= 0.6 is 0 Å². The number of hydrogen-bond acceptors (Lipinski definition) is 5. The topological polar surface area (TPSA) is 76.7 Å². The quantitative estimate of drug-likeness (QED) is 0.634. The van der Waals surface area contributed by atoms with E-state index in [1.807, 2.05) is 55.5 Å². The van der Waals surface area contributed by atoms with Gasteiger partial charge in [-0.2, -0.15) is 0 Å². The zero-order chi connectivity index (χ0) is 20.9. The Kier molecular flexibility index (Phi) is 5.99. The highest BCUT2D eigenvalue weighted by atomic mass is 16.5. The predicted octanol–water partition coefficient (Wildman–Crippen LogP) is 3.37. The molecule has 2 aromatic carbocycles. The summed E-state index contributed by atoms with van der Waals surface area (Å²) in [6, 6.07) is 13.4. The molecule has 30 heavy (non-hydrogen) atoms. The standard InChI is InChI=1S/C23H25N3O4/c1-3-30-21-15-16(8-9-20(21)28-2)14-17(23(27)26-10-12-29-13-11-26)22-24-18-6-4-5-7-19(18)25-22/h4-9,14-15H,3,10-13H2,1-2H3,(H,24,25)/b17-14+. The molecule has 1 amide bonds. The molecule has 0 bridgehead atoms. The number of para-hydroxylation sites is 2. The van der Waals surface area contributed by atoms with Crippen molar-refractivity contribution in [2.75, 3.05) is 40.0 Å². The van der Waals surface area contributed by atoms with Gasteiger partial charge in [0, 0.05) is 13.1 Å². The van der Waals surface area contributed by atoms with E-state index in [0.29, 0.717) is 55.8 Å². The number of imidazole rings is 1. The number of methoxy groups -OCH3 is 1. The van der Waals surface area contributed by atoms with Gasteiger partial charge in [0.15, 0.2) is 11.5 Å². The lowest BCUT2D eigenvalue weighted by molar-refractivity contribution is -0.128. The van der Waals surface area contributed by atoms with Gasteiger partial charge in [-0.1, -0.05) is 18.2 Å². The van der Waals surface area contributed by atoms with Gasteiger partial charge in [0.25, 0.3) is 5.91 Å². The molecular formula is C23H25N3O4. The fourth-order valence-electron chi connectivity index (χ4n) is 3.47. The first-order chi connectivity index (χ1) is 14.7. The van der Waals surface area contributed by atoms with Crippen LogP contribution in [0, 0.1) is 0 Å². The molecule has 0 radical (unpaired) electrons. The van der Waals surface area contributed by atoms with Crippen molar-refractivity contribution in [2.24, 2.45) is 0 Å². The van der Waals surface area contributed by atoms with E-state index in [1.54, 1.807) is 12.0 Å².